The Kier molecular flexibility index (Phi) is 4.91. The molecule has 2 aromatic rings. The molecule has 1 saturated carbocycles. The van der Waals surface area contributed by atoms with Gasteiger partial charge in [0.15, 0.2) is 0 Å². The Morgan fingerprint density at radius 1 is 1.07 bits per heavy atom. The van der Waals surface area contributed by atoms with Crippen LogP contribution in [0.1, 0.15) is 43.1 Å². The van der Waals surface area contributed by atoms with Gasteiger partial charge in [-0.05, 0) is 50.7 Å². The molecule has 2 aliphatic heterocycles. The molecule has 30 heavy (non-hydrogen) atoms. The van der Waals surface area contributed by atoms with Gasteiger partial charge in [-0.3, -0.25) is 4.98 Å². The molecule has 0 radical (unpaired) electrons. The van der Waals surface area contributed by atoms with E-state index in [0.717, 1.165) is 41.6 Å². The number of hydrogen-bond donors (Lipinski definition) is 0. The van der Waals surface area contributed by atoms with Crippen molar-refractivity contribution in [1.82, 2.24) is 9.88 Å². The minimum Gasteiger partial charge on any atom is -0.359 e. The highest BCUT2D eigenvalue weighted by molar-refractivity contribution is 5.94. The second-order valence-electron chi connectivity index (χ2n) is 8.59. The van der Waals surface area contributed by atoms with E-state index in [1.807, 2.05) is 13.1 Å². The van der Waals surface area contributed by atoms with E-state index in [2.05, 4.69) is 20.9 Å². The molecule has 1 unspecified atom stereocenters. The van der Waals surface area contributed by atoms with Crippen LogP contribution in [-0.2, 0) is 0 Å². The topological polar surface area (TPSA) is 31.7 Å². The number of likely N-dealkylation sites (tertiary alicyclic amines) is 1. The number of alkyl halides is 1. The maximum absolute atomic E-state index is 15.0. The lowest BCUT2D eigenvalue weighted by Gasteiger charge is -2.39. The summed E-state index contributed by atoms with van der Waals surface area (Å²) in [6.07, 6.45) is 4.03. The molecule has 5 rings (SSSR count). The molecule has 158 valence electrons. The molecule has 3 aliphatic rings. The molecular weight excluding hydrogens is 389 g/mol. The Balaban J connectivity index is 1.30. The van der Waals surface area contributed by atoms with E-state index < -0.39 is 17.8 Å². The maximum Gasteiger partial charge on any atom is 0.132 e. The van der Waals surface area contributed by atoms with Gasteiger partial charge in [-0.15, -0.1) is 0 Å². The van der Waals surface area contributed by atoms with Crippen molar-refractivity contribution in [1.29, 1.82) is 0 Å². The van der Waals surface area contributed by atoms with E-state index in [1.54, 1.807) is 0 Å². The first kappa shape index (κ1) is 19.4. The quantitative estimate of drug-likeness (QED) is 0.700. The third-order valence-electron chi connectivity index (χ3n) is 6.43. The summed E-state index contributed by atoms with van der Waals surface area (Å²) in [5, 5.41) is 0. The fourth-order valence-corrected chi connectivity index (χ4v) is 4.58. The zero-order valence-electron chi connectivity index (χ0n) is 17.0. The van der Waals surface area contributed by atoms with Gasteiger partial charge in [0.25, 0.3) is 0 Å². The van der Waals surface area contributed by atoms with E-state index in [-0.39, 0.29) is 11.5 Å². The number of aryl methyl sites for hydroxylation is 1. The normalized spacial score (nSPS) is 20.7. The van der Waals surface area contributed by atoms with Gasteiger partial charge >= 0.3 is 0 Å². The highest BCUT2D eigenvalue weighted by atomic mass is 19.1. The zero-order chi connectivity index (χ0) is 20.8. The molecule has 3 heterocycles. The van der Waals surface area contributed by atoms with Crippen LogP contribution in [0.25, 0.3) is 0 Å². The van der Waals surface area contributed by atoms with Crippen LogP contribution in [0.3, 0.4) is 0 Å². The molecule has 1 aromatic carbocycles. The number of halogens is 3. The van der Waals surface area contributed by atoms with Crippen LogP contribution in [-0.4, -0.2) is 41.4 Å². The minimum absolute atomic E-state index is 0.0415. The van der Waals surface area contributed by atoms with Gasteiger partial charge in [0.2, 0.25) is 0 Å². The molecule has 0 amide bonds. The fraction of sp³-hybridized carbons (Fsp3) is 0.478. The van der Waals surface area contributed by atoms with Crippen molar-refractivity contribution in [2.45, 2.75) is 44.8 Å². The number of aromatic nitrogens is 1. The van der Waals surface area contributed by atoms with Crippen molar-refractivity contribution < 1.29 is 13.2 Å². The van der Waals surface area contributed by atoms with Gasteiger partial charge in [0.1, 0.15) is 29.3 Å². The lowest BCUT2D eigenvalue weighted by Crippen LogP contribution is -2.46. The van der Waals surface area contributed by atoms with E-state index in [4.69, 9.17) is 4.99 Å². The monoisotopic (exact) mass is 414 g/mol. The number of rotatable bonds is 3. The summed E-state index contributed by atoms with van der Waals surface area (Å²) in [6.45, 7) is 4.11. The minimum atomic E-state index is -1.42. The summed E-state index contributed by atoms with van der Waals surface area (Å²) in [4.78, 5) is 13.9. The van der Waals surface area contributed by atoms with Crippen molar-refractivity contribution in [3.8, 4) is 0 Å². The van der Waals surface area contributed by atoms with Crippen LogP contribution in [0.4, 0.5) is 24.5 Å². The van der Waals surface area contributed by atoms with Crippen molar-refractivity contribution >= 4 is 17.2 Å². The molecule has 0 bridgehead atoms. The van der Waals surface area contributed by atoms with E-state index in [0.29, 0.717) is 32.0 Å². The smallest absolute Gasteiger partial charge is 0.132 e. The number of amidine groups is 1. The Labute approximate surface area is 174 Å². The van der Waals surface area contributed by atoms with E-state index in [1.165, 1.54) is 18.9 Å². The van der Waals surface area contributed by atoms with Crippen molar-refractivity contribution in [2.24, 2.45) is 10.9 Å². The van der Waals surface area contributed by atoms with Gasteiger partial charge in [0.05, 0.1) is 18.4 Å². The summed E-state index contributed by atoms with van der Waals surface area (Å²) in [6, 6.07) is 5.77. The Morgan fingerprint density at radius 3 is 2.53 bits per heavy atom. The van der Waals surface area contributed by atoms with Crippen molar-refractivity contribution in [3.63, 3.8) is 0 Å². The van der Waals surface area contributed by atoms with Gasteiger partial charge in [-0.25, -0.2) is 18.2 Å². The van der Waals surface area contributed by atoms with Crippen molar-refractivity contribution in [3.05, 3.63) is 53.4 Å². The number of nitrogens with zero attached hydrogens (tertiary/aromatic N) is 4. The molecule has 0 spiro atoms. The van der Waals surface area contributed by atoms with Gasteiger partial charge in [-0.2, -0.15) is 0 Å². The number of pyridine rings is 1. The first-order valence-corrected chi connectivity index (χ1v) is 10.6. The van der Waals surface area contributed by atoms with Gasteiger partial charge in [0, 0.05) is 36.5 Å². The predicted octanol–water partition coefficient (Wildman–Crippen LogP) is 5.10. The number of aliphatic imine (C=N–C) groups is 1. The van der Waals surface area contributed by atoms with Crippen LogP contribution in [0, 0.1) is 24.5 Å². The molecule has 1 aliphatic carbocycles. The van der Waals surface area contributed by atoms with Crippen LogP contribution in [0.15, 0.2) is 35.5 Å². The average Bonchev–Trinajstić information content (AvgIpc) is 3.58. The predicted molar refractivity (Wildman–Crippen MR) is 111 cm³/mol. The highest BCUT2D eigenvalue weighted by Gasteiger charge is 2.36. The summed E-state index contributed by atoms with van der Waals surface area (Å²) >= 11 is 0. The second-order valence-corrected chi connectivity index (χ2v) is 8.59. The molecule has 1 saturated heterocycles. The first-order chi connectivity index (χ1) is 14.5. The highest BCUT2D eigenvalue weighted by Crippen LogP contribution is 2.41. The Hall–Kier alpha value is -2.57. The lowest BCUT2D eigenvalue weighted by atomic mass is 9.88. The third-order valence-corrected chi connectivity index (χ3v) is 6.43. The van der Waals surface area contributed by atoms with Crippen LogP contribution in [0.2, 0.25) is 0 Å². The number of benzene rings is 1. The second kappa shape index (κ2) is 7.60. The lowest BCUT2D eigenvalue weighted by molar-refractivity contribution is 0.152. The Bertz CT molecular complexity index is 980. The molecule has 7 heteroatoms. The molecule has 4 nitrogen and oxygen atoms in total. The summed E-state index contributed by atoms with van der Waals surface area (Å²) in [7, 11) is 0. The molecular formula is C23H25F3N4. The fourth-order valence-electron chi connectivity index (χ4n) is 4.58. The molecule has 2 fully saturated rings. The summed E-state index contributed by atoms with van der Waals surface area (Å²) < 4.78 is 42.1. The number of hydrogen-bond acceptors (Lipinski definition) is 4. The molecule has 1 aromatic heterocycles. The van der Waals surface area contributed by atoms with E-state index in [9.17, 15) is 13.2 Å². The Morgan fingerprint density at radius 2 is 1.83 bits per heavy atom. The number of piperidine rings is 1. The zero-order valence-corrected chi connectivity index (χ0v) is 17.0. The van der Waals surface area contributed by atoms with Crippen LogP contribution < -0.4 is 4.90 Å². The maximum atomic E-state index is 15.0. The third kappa shape index (κ3) is 3.66. The van der Waals surface area contributed by atoms with Crippen LogP contribution >= 0.6 is 0 Å². The number of anilines is 1. The standard InChI is InChI=1S/C23H25F3N4/c1-14-10-21-20(12-27-14)28-22(13-30(21)17-3-4-17)29-8-6-15(7-9-29)23(26)18-5-2-16(24)11-19(18)25/h2,5,10-12,15,17,23H,3-4,6-9,13H2,1H3. The number of fused-ring (bicyclic) bond motifs is 1. The van der Waals surface area contributed by atoms with Gasteiger partial charge < -0.3 is 9.80 Å². The van der Waals surface area contributed by atoms with Gasteiger partial charge in [-0.1, -0.05) is 6.07 Å². The average molecular weight is 414 g/mol. The molecule has 0 N–H and O–H groups in total. The van der Waals surface area contributed by atoms with Crippen LogP contribution in [0.5, 0.6) is 0 Å². The first-order valence-electron chi connectivity index (χ1n) is 10.6. The summed E-state index contributed by atoms with van der Waals surface area (Å²) in [5.41, 5.74) is 2.99. The molecule has 1 atom stereocenters. The van der Waals surface area contributed by atoms with E-state index >= 15 is 0 Å². The summed E-state index contributed by atoms with van der Waals surface area (Å²) in [5.74, 6) is -0.761. The largest absolute Gasteiger partial charge is 0.359 e. The SMILES string of the molecule is Cc1cc2c(cn1)N=C(N1CCC(C(F)c3ccc(F)cc3F)CC1)CN2C1CC1. The van der Waals surface area contributed by atoms with Crippen molar-refractivity contribution in [2.75, 3.05) is 24.5 Å².